The number of nitrogens with one attached hydrogen (secondary N) is 2. The quantitative estimate of drug-likeness (QED) is 0.591. The summed E-state index contributed by atoms with van der Waals surface area (Å²) in [5, 5.41) is 6.97. The van der Waals surface area contributed by atoms with Gasteiger partial charge in [0.15, 0.2) is 0 Å². The molecule has 2 rings (SSSR count). The second kappa shape index (κ2) is 5.10. The summed E-state index contributed by atoms with van der Waals surface area (Å²) < 4.78 is 0. The maximum atomic E-state index is 5.74. The normalized spacial score (nSPS) is 35.8. The molecule has 4 N–H and O–H groups in total. The van der Waals surface area contributed by atoms with Gasteiger partial charge in [-0.25, -0.2) is 0 Å². The summed E-state index contributed by atoms with van der Waals surface area (Å²) >= 11 is 0. The van der Waals surface area contributed by atoms with Gasteiger partial charge in [-0.15, -0.1) is 0 Å². The highest BCUT2D eigenvalue weighted by atomic mass is 14.9. The van der Waals surface area contributed by atoms with Crippen LogP contribution in [0.3, 0.4) is 0 Å². The lowest BCUT2D eigenvalue weighted by molar-refractivity contribution is 0.182. The number of rotatable bonds is 2. The Morgan fingerprint density at radius 3 is 2.50 bits per heavy atom. The molecule has 0 amide bonds. The van der Waals surface area contributed by atoms with E-state index >= 15 is 0 Å². The van der Waals surface area contributed by atoms with E-state index in [0.717, 1.165) is 30.8 Å². The third-order valence-electron chi connectivity index (χ3n) is 3.86. The molecular formula is C11H23N3. The maximum absolute atomic E-state index is 5.74. The van der Waals surface area contributed by atoms with Crippen molar-refractivity contribution >= 4 is 0 Å². The predicted octanol–water partition coefficient (Wildman–Crippen LogP) is 0.170. The van der Waals surface area contributed by atoms with Crippen LogP contribution in [-0.4, -0.2) is 32.7 Å². The van der Waals surface area contributed by atoms with E-state index in [2.05, 4.69) is 10.6 Å². The summed E-state index contributed by atoms with van der Waals surface area (Å²) in [6.45, 7) is 5.65. The minimum atomic E-state index is 0.726. The molecule has 0 radical (unpaired) electrons. The van der Waals surface area contributed by atoms with Crippen LogP contribution in [0.1, 0.15) is 19.3 Å². The van der Waals surface area contributed by atoms with Crippen LogP contribution in [0.15, 0.2) is 0 Å². The summed E-state index contributed by atoms with van der Waals surface area (Å²) in [5.74, 6) is 2.56. The van der Waals surface area contributed by atoms with Crippen LogP contribution in [0.4, 0.5) is 0 Å². The first-order valence-corrected chi connectivity index (χ1v) is 6.01. The lowest BCUT2D eigenvalue weighted by Crippen LogP contribution is -2.44. The van der Waals surface area contributed by atoms with Gasteiger partial charge in [-0.2, -0.15) is 0 Å². The van der Waals surface area contributed by atoms with Gasteiger partial charge in [0.2, 0.25) is 0 Å². The molecule has 0 saturated carbocycles. The highest BCUT2D eigenvalue weighted by molar-refractivity contribution is 4.83. The summed E-state index contributed by atoms with van der Waals surface area (Å²) in [6.07, 6.45) is 4.08. The van der Waals surface area contributed by atoms with Gasteiger partial charge in [-0.1, -0.05) is 0 Å². The summed E-state index contributed by atoms with van der Waals surface area (Å²) in [5.41, 5.74) is 5.74. The third kappa shape index (κ3) is 2.47. The second-order valence-corrected chi connectivity index (χ2v) is 4.84. The van der Waals surface area contributed by atoms with Crippen molar-refractivity contribution in [3.05, 3.63) is 0 Å². The van der Waals surface area contributed by atoms with Crippen LogP contribution in [0, 0.1) is 17.8 Å². The van der Waals surface area contributed by atoms with Crippen molar-refractivity contribution in [2.24, 2.45) is 23.5 Å². The molecule has 0 aromatic heterocycles. The molecule has 2 unspecified atom stereocenters. The van der Waals surface area contributed by atoms with Crippen molar-refractivity contribution < 1.29 is 0 Å². The Hall–Kier alpha value is -0.120. The van der Waals surface area contributed by atoms with Crippen molar-refractivity contribution in [3.8, 4) is 0 Å². The van der Waals surface area contributed by atoms with E-state index in [1.165, 1.54) is 38.9 Å². The van der Waals surface area contributed by atoms with Crippen LogP contribution in [0.25, 0.3) is 0 Å². The Morgan fingerprint density at radius 2 is 1.79 bits per heavy atom. The Kier molecular flexibility index (Phi) is 3.79. The highest BCUT2D eigenvalue weighted by Crippen LogP contribution is 2.28. The smallest absolute Gasteiger partial charge is 0.000823 e. The van der Waals surface area contributed by atoms with Gasteiger partial charge in [0.05, 0.1) is 0 Å². The van der Waals surface area contributed by atoms with Crippen molar-refractivity contribution in [2.45, 2.75) is 19.3 Å². The van der Waals surface area contributed by atoms with Crippen molar-refractivity contribution in [2.75, 3.05) is 32.7 Å². The van der Waals surface area contributed by atoms with Crippen LogP contribution in [-0.2, 0) is 0 Å². The number of piperidine rings is 2. The zero-order valence-corrected chi connectivity index (χ0v) is 8.97. The van der Waals surface area contributed by atoms with Crippen molar-refractivity contribution in [1.29, 1.82) is 0 Å². The summed E-state index contributed by atoms with van der Waals surface area (Å²) in [7, 11) is 0. The lowest BCUT2D eigenvalue weighted by atomic mass is 9.77. The Labute approximate surface area is 86.8 Å². The SMILES string of the molecule is NCC1CNCC(C2CCNCC2)C1. The first-order chi connectivity index (χ1) is 6.90. The highest BCUT2D eigenvalue weighted by Gasteiger charge is 2.28. The van der Waals surface area contributed by atoms with E-state index < -0.39 is 0 Å². The van der Waals surface area contributed by atoms with Gasteiger partial charge in [0.1, 0.15) is 0 Å². The van der Waals surface area contributed by atoms with Gasteiger partial charge < -0.3 is 16.4 Å². The topological polar surface area (TPSA) is 50.1 Å². The first kappa shape index (κ1) is 10.4. The van der Waals surface area contributed by atoms with Crippen molar-refractivity contribution in [1.82, 2.24) is 10.6 Å². The standard InChI is InChI=1S/C11H23N3/c12-6-9-5-11(8-14-7-9)10-1-3-13-4-2-10/h9-11,13-14H,1-8,12H2. The first-order valence-electron chi connectivity index (χ1n) is 6.01. The fourth-order valence-corrected chi connectivity index (χ4v) is 2.92. The largest absolute Gasteiger partial charge is 0.330 e. The van der Waals surface area contributed by atoms with E-state index in [1.807, 2.05) is 0 Å². The number of hydrogen-bond donors (Lipinski definition) is 3. The molecule has 2 atom stereocenters. The van der Waals surface area contributed by atoms with Crippen molar-refractivity contribution in [3.63, 3.8) is 0 Å². The molecule has 3 nitrogen and oxygen atoms in total. The fourth-order valence-electron chi connectivity index (χ4n) is 2.92. The fraction of sp³-hybridized carbons (Fsp3) is 1.00. The van der Waals surface area contributed by atoms with E-state index in [4.69, 9.17) is 5.73 Å². The molecule has 0 aromatic rings. The van der Waals surface area contributed by atoms with E-state index in [-0.39, 0.29) is 0 Å². The summed E-state index contributed by atoms with van der Waals surface area (Å²) in [6, 6.07) is 0. The van der Waals surface area contributed by atoms with Gasteiger partial charge >= 0.3 is 0 Å². The molecule has 82 valence electrons. The monoisotopic (exact) mass is 197 g/mol. The van der Waals surface area contributed by atoms with Gasteiger partial charge in [0.25, 0.3) is 0 Å². The molecule has 0 bridgehead atoms. The van der Waals surface area contributed by atoms with E-state index in [9.17, 15) is 0 Å². The molecule has 3 heteroatoms. The van der Waals surface area contributed by atoms with E-state index in [0.29, 0.717) is 0 Å². The molecule has 0 aliphatic carbocycles. The molecule has 2 aliphatic rings. The Morgan fingerprint density at radius 1 is 1.00 bits per heavy atom. The van der Waals surface area contributed by atoms with Crippen LogP contribution < -0.4 is 16.4 Å². The molecule has 14 heavy (non-hydrogen) atoms. The Balaban J connectivity index is 1.83. The average molecular weight is 197 g/mol. The number of hydrogen-bond acceptors (Lipinski definition) is 3. The van der Waals surface area contributed by atoms with Gasteiger partial charge in [-0.05, 0) is 69.7 Å². The molecular weight excluding hydrogens is 174 g/mol. The minimum absolute atomic E-state index is 0.726. The van der Waals surface area contributed by atoms with Gasteiger partial charge in [0, 0.05) is 0 Å². The number of nitrogens with two attached hydrogens (primary N) is 1. The zero-order chi connectivity index (χ0) is 9.80. The zero-order valence-electron chi connectivity index (χ0n) is 8.97. The average Bonchev–Trinajstić information content (AvgIpc) is 2.30. The van der Waals surface area contributed by atoms with E-state index in [1.54, 1.807) is 0 Å². The molecule has 2 heterocycles. The maximum Gasteiger partial charge on any atom is -0.000823 e. The van der Waals surface area contributed by atoms with Crippen LogP contribution >= 0.6 is 0 Å². The molecule has 0 aromatic carbocycles. The molecule has 2 saturated heterocycles. The minimum Gasteiger partial charge on any atom is -0.330 e. The molecule has 2 fully saturated rings. The van der Waals surface area contributed by atoms with Crippen LogP contribution in [0.5, 0.6) is 0 Å². The lowest BCUT2D eigenvalue weighted by Gasteiger charge is -2.36. The molecule has 2 aliphatic heterocycles. The van der Waals surface area contributed by atoms with Crippen LogP contribution in [0.2, 0.25) is 0 Å². The molecule has 0 spiro atoms. The predicted molar refractivity (Wildman–Crippen MR) is 59.1 cm³/mol. The Bertz CT molecular complexity index is 166. The third-order valence-corrected chi connectivity index (χ3v) is 3.86. The summed E-state index contributed by atoms with van der Waals surface area (Å²) in [4.78, 5) is 0. The second-order valence-electron chi connectivity index (χ2n) is 4.84. The van der Waals surface area contributed by atoms with Gasteiger partial charge in [-0.3, -0.25) is 0 Å².